The zero-order valence-corrected chi connectivity index (χ0v) is 14.1. The number of anilines is 1. The third kappa shape index (κ3) is 3.82. The molecule has 1 atom stereocenters. The largest absolute Gasteiger partial charge is 0.379 e. The van der Waals surface area contributed by atoms with Crippen LogP contribution in [-0.4, -0.2) is 74.2 Å². The van der Waals surface area contributed by atoms with E-state index < -0.39 is 0 Å². The summed E-state index contributed by atoms with van der Waals surface area (Å²) in [7, 11) is 3.98. The van der Waals surface area contributed by atoms with Gasteiger partial charge in [-0.25, -0.2) is 4.98 Å². The number of carbonyl (C=O) groups is 1. The van der Waals surface area contributed by atoms with E-state index in [-0.39, 0.29) is 11.9 Å². The van der Waals surface area contributed by atoms with Gasteiger partial charge in [0.2, 0.25) is 5.91 Å². The molecule has 0 bridgehead atoms. The number of carbonyl (C=O) groups excluding carboxylic acids is 1. The molecule has 2 aliphatic heterocycles. The van der Waals surface area contributed by atoms with Gasteiger partial charge in [-0.15, -0.1) is 0 Å². The highest BCUT2D eigenvalue weighted by atomic mass is 16.5. The fourth-order valence-electron chi connectivity index (χ4n) is 3.34. The van der Waals surface area contributed by atoms with Gasteiger partial charge in [-0.3, -0.25) is 9.69 Å². The van der Waals surface area contributed by atoms with Crippen LogP contribution in [0.15, 0.2) is 18.3 Å². The third-order valence-electron chi connectivity index (χ3n) is 4.65. The Labute approximate surface area is 138 Å². The number of pyridine rings is 1. The van der Waals surface area contributed by atoms with E-state index >= 15 is 0 Å². The number of morpholine rings is 1. The minimum Gasteiger partial charge on any atom is -0.379 e. The average molecular weight is 318 g/mol. The van der Waals surface area contributed by atoms with Crippen molar-refractivity contribution in [3.63, 3.8) is 0 Å². The van der Waals surface area contributed by atoms with Gasteiger partial charge in [0, 0.05) is 39.9 Å². The molecule has 0 N–H and O–H groups in total. The van der Waals surface area contributed by atoms with Crippen LogP contribution in [0.25, 0.3) is 0 Å². The average Bonchev–Trinajstić information content (AvgIpc) is 3.05. The summed E-state index contributed by atoms with van der Waals surface area (Å²) in [5.41, 5.74) is 1.19. The van der Waals surface area contributed by atoms with Crippen molar-refractivity contribution in [3.05, 3.63) is 23.9 Å². The number of amides is 1. The summed E-state index contributed by atoms with van der Waals surface area (Å²) in [6.07, 6.45) is 3.94. The van der Waals surface area contributed by atoms with Crippen LogP contribution in [0.5, 0.6) is 0 Å². The van der Waals surface area contributed by atoms with Gasteiger partial charge < -0.3 is 14.5 Å². The first-order valence-corrected chi connectivity index (χ1v) is 8.38. The van der Waals surface area contributed by atoms with Gasteiger partial charge in [0.15, 0.2) is 0 Å². The number of likely N-dealkylation sites (tertiary alicyclic amines) is 1. The first-order chi connectivity index (χ1) is 11.1. The molecule has 0 radical (unpaired) electrons. The van der Waals surface area contributed by atoms with Gasteiger partial charge in [0.1, 0.15) is 5.82 Å². The Bertz CT molecular complexity index is 543. The van der Waals surface area contributed by atoms with Gasteiger partial charge >= 0.3 is 0 Å². The molecule has 2 saturated heterocycles. The van der Waals surface area contributed by atoms with Gasteiger partial charge in [-0.05, 0) is 30.5 Å². The number of hydrogen-bond acceptors (Lipinski definition) is 5. The minimum absolute atomic E-state index is 0.185. The SMILES string of the molecule is CN(C)c1cc(C2CCCN2C(=O)CN2CCOCC2)ccn1. The van der Waals surface area contributed by atoms with Crippen molar-refractivity contribution in [1.29, 1.82) is 0 Å². The molecule has 0 spiro atoms. The van der Waals surface area contributed by atoms with Crippen LogP contribution < -0.4 is 4.90 Å². The summed E-state index contributed by atoms with van der Waals surface area (Å²) in [6, 6.07) is 4.33. The summed E-state index contributed by atoms with van der Waals surface area (Å²) in [5, 5.41) is 0. The molecule has 1 unspecified atom stereocenters. The van der Waals surface area contributed by atoms with Gasteiger partial charge in [-0.2, -0.15) is 0 Å². The molecule has 1 aromatic heterocycles. The predicted molar refractivity (Wildman–Crippen MR) is 89.5 cm³/mol. The van der Waals surface area contributed by atoms with Crippen molar-refractivity contribution in [2.45, 2.75) is 18.9 Å². The quantitative estimate of drug-likeness (QED) is 0.833. The van der Waals surface area contributed by atoms with E-state index in [1.165, 1.54) is 5.56 Å². The number of nitrogens with zero attached hydrogens (tertiary/aromatic N) is 4. The topological polar surface area (TPSA) is 48.9 Å². The molecule has 3 heterocycles. The van der Waals surface area contributed by atoms with E-state index in [0.29, 0.717) is 6.54 Å². The van der Waals surface area contributed by atoms with Crippen LogP contribution >= 0.6 is 0 Å². The van der Waals surface area contributed by atoms with Crippen LogP contribution in [0.1, 0.15) is 24.4 Å². The summed E-state index contributed by atoms with van der Waals surface area (Å²) < 4.78 is 5.35. The van der Waals surface area contributed by atoms with Crippen molar-refractivity contribution in [3.8, 4) is 0 Å². The Balaban J connectivity index is 1.69. The molecule has 1 aromatic rings. The molecule has 126 valence electrons. The summed E-state index contributed by atoms with van der Waals surface area (Å²) >= 11 is 0. The Kier molecular flexibility index (Phi) is 5.13. The molecule has 3 rings (SSSR count). The molecule has 2 fully saturated rings. The summed E-state index contributed by atoms with van der Waals surface area (Å²) in [5.74, 6) is 1.17. The van der Waals surface area contributed by atoms with E-state index in [4.69, 9.17) is 4.74 Å². The third-order valence-corrected chi connectivity index (χ3v) is 4.65. The maximum atomic E-state index is 12.7. The smallest absolute Gasteiger partial charge is 0.237 e. The maximum Gasteiger partial charge on any atom is 0.237 e. The Morgan fingerprint density at radius 1 is 1.35 bits per heavy atom. The molecule has 0 aromatic carbocycles. The van der Waals surface area contributed by atoms with Gasteiger partial charge in [0.05, 0.1) is 25.8 Å². The zero-order valence-electron chi connectivity index (χ0n) is 14.1. The van der Waals surface area contributed by atoms with Crippen LogP contribution in [-0.2, 0) is 9.53 Å². The molecule has 0 aliphatic carbocycles. The zero-order chi connectivity index (χ0) is 16.2. The minimum atomic E-state index is 0.185. The van der Waals surface area contributed by atoms with E-state index in [2.05, 4.69) is 16.0 Å². The Hall–Kier alpha value is -1.66. The normalized spacial score (nSPS) is 22.3. The highest BCUT2D eigenvalue weighted by Crippen LogP contribution is 2.33. The first kappa shape index (κ1) is 16.2. The van der Waals surface area contributed by atoms with E-state index in [9.17, 15) is 4.79 Å². The van der Waals surface area contributed by atoms with Gasteiger partial charge in [0.25, 0.3) is 0 Å². The molecule has 1 amide bonds. The number of ether oxygens (including phenoxy) is 1. The lowest BCUT2D eigenvalue weighted by atomic mass is 10.1. The lowest BCUT2D eigenvalue weighted by Crippen LogP contribution is -2.44. The van der Waals surface area contributed by atoms with Crippen molar-refractivity contribution >= 4 is 11.7 Å². The second-order valence-electron chi connectivity index (χ2n) is 6.48. The summed E-state index contributed by atoms with van der Waals surface area (Å²) in [4.78, 5) is 23.3. The maximum absolute atomic E-state index is 12.7. The van der Waals surface area contributed by atoms with E-state index in [0.717, 1.165) is 51.5 Å². The molecule has 6 nitrogen and oxygen atoms in total. The number of hydrogen-bond donors (Lipinski definition) is 0. The second kappa shape index (κ2) is 7.27. The van der Waals surface area contributed by atoms with Crippen LogP contribution in [0, 0.1) is 0 Å². The van der Waals surface area contributed by atoms with Crippen molar-refractivity contribution in [1.82, 2.24) is 14.8 Å². The van der Waals surface area contributed by atoms with Crippen LogP contribution in [0.3, 0.4) is 0 Å². The molecule has 2 aliphatic rings. The highest BCUT2D eigenvalue weighted by Gasteiger charge is 2.31. The molecular weight excluding hydrogens is 292 g/mol. The monoisotopic (exact) mass is 318 g/mol. The number of rotatable bonds is 4. The lowest BCUT2D eigenvalue weighted by Gasteiger charge is -2.31. The van der Waals surface area contributed by atoms with Crippen molar-refractivity contribution in [2.75, 3.05) is 58.4 Å². The van der Waals surface area contributed by atoms with Crippen LogP contribution in [0.2, 0.25) is 0 Å². The Morgan fingerprint density at radius 3 is 2.87 bits per heavy atom. The summed E-state index contributed by atoms with van der Waals surface area (Å²) in [6.45, 7) is 4.52. The lowest BCUT2D eigenvalue weighted by molar-refractivity contribution is -0.134. The van der Waals surface area contributed by atoms with E-state index in [1.54, 1.807) is 0 Å². The van der Waals surface area contributed by atoms with Crippen molar-refractivity contribution < 1.29 is 9.53 Å². The first-order valence-electron chi connectivity index (χ1n) is 8.38. The molecule has 23 heavy (non-hydrogen) atoms. The standard InChI is InChI=1S/C17H26N4O2/c1-19(2)16-12-14(5-6-18-16)15-4-3-7-21(15)17(22)13-20-8-10-23-11-9-20/h5-6,12,15H,3-4,7-11,13H2,1-2H3. The molecule has 0 saturated carbocycles. The number of aromatic nitrogens is 1. The van der Waals surface area contributed by atoms with Crippen LogP contribution in [0.4, 0.5) is 5.82 Å². The molecule has 6 heteroatoms. The Morgan fingerprint density at radius 2 is 2.13 bits per heavy atom. The molecular formula is C17H26N4O2. The highest BCUT2D eigenvalue weighted by molar-refractivity contribution is 5.79. The second-order valence-corrected chi connectivity index (χ2v) is 6.48. The predicted octanol–water partition coefficient (Wildman–Crippen LogP) is 1.14. The fourth-order valence-corrected chi connectivity index (χ4v) is 3.34. The fraction of sp³-hybridized carbons (Fsp3) is 0.647. The van der Waals surface area contributed by atoms with E-state index in [1.807, 2.05) is 36.2 Å². The van der Waals surface area contributed by atoms with Gasteiger partial charge in [-0.1, -0.05) is 0 Å². The van der Waals surface area contributed by atoms with Crippen molar-refractivity contribution in [2.24, 2.45) is 0 Å².